The number of fused-ring (bicyclic) bond motifs is 5. The summed E-state index contributed by atoms with van der Waals surface area (Å²) in [5, 5.41) is 10.1. The van der Waals surface area contributed by atoms with E-state index in [1.807, 2.05) is 41.3 Å². The molecule has 2 heterocycles. The Morgan fingerprint density at radius 1 is 1.05 bits per heavy atom. The molecule has 0 aliphatic carbocycles. The fourth-order valence-electron chi connectivity index (χ4n) is 4.63. The highest BCUT2D eigenvalue weighted by Gasteiger charge is 2.45. The summed E-state index contributed by atoms with van der Waals surface area (Å²) >= 11 is 0. The first kappa shape index (κ1) is 27.9. The Balaban J connectivity index is 0.000000479. The normalized spacial score (nSPS) is 19.5. The fourth-order valence-corrected chi connectivity index (χ4v) is 4.63. The van der Waals surface area contributed by atoms with Crippen LogP contribution in [0.25, 0.3) is 0 Å². The minimum atomic E-state index is -5.08. The number of alkyl halides is 3. The van der Waals surface area contributed by atoms with Gasteiger partial charge in [-0.3, -0.25) is 9.59 Å². The van der Waals surface area contributed by atoms with Crippen LogP contribution in [0.1, 0.15) is 55.0 Å². The van der Waals surface area contributed by atoms with Gasteiger partial charge in [0.1, 0.15) is 0 Å². The number of aliphatic carboxylic acids is 1. The molecular weight excluding hydrogens is 487 g/mol. The van der Waals surface area contributed by atoms with E-state index < -0.39 is 18.2 Å². The van der Waals surface area contributed by atoms with E-state index >= 15 is 0 Å². The molecule has 2 aromatic carbocycles. The summed E-state index contributed by atoms with van der Waals surface area (Å²) in [6.07, 6.45) is 1.92. The summed E-state index contributed by atoms with van der Waals surface area (Å²) in [4.78, 5) is 36.1. The Morgan fingerprint density at radius 3 is 2.05 bits per heavy atom. The Bertz CT molecular complexity index is 1100. The predicted octanol–water partition coefficient (Wildman–Crippen LogP) is 4.06. The number of rotatable bonds is 7. The summed E-state index contributed by atoms with van der Waals surface area (Å²) in [5.74, 6) is -2.95. The van der Waals surface area contributed by atoms with Crippen LogP contribution in [0.5, 0.6) is 0 Å². The lowest BCUT2D eigenvalue weighted by molar-refractivity contribution is -0.192. The standard InChI is InChI=1S/C25H29N3O2.C2HF3O2/c1-17(26)25(30)27-19(12-11-18-7-3-2-4-8-18)13-16-24(29)28-22-14-15-23(28)21-10-6-5-9-20(21)22;3-2(4,5)1(6)7/h2-10,13,16-17,19,22-23H,11-12,14-15,26H2,1H3,(H,27,30);(H,6,7)/b16-13+;/t17-,19-,22-,23+;/m0./s1. The van der Waals surface area contributed by atoms with Crippen LogP contribution in [-0.2, 0) is 20.8 Å². The molecule has 4 atom stereocenters. The zero-order chi connectivity index (χ0) is 27.2. The molecule has 2 aliphatic heterocycles. The summed E-state index contributed by atoms with van der Waals surface area (Å²) < 4.78 is 31.7. The minimum absolute atomic E-state index is 0.0125. The number of carbonyl (C=O) groups excluding carboxylic acids is 2. The number of carboxylic acids is 1. The molecule has 0 spiro atoms. The summed E-state index contributed by atoms with van der Waals surface area (Å²) in [6.45, 7) is 1.66. The number of nitrogens with one attached hydrogen (secondary N) is 1. The van der Waals surface area contributed by atoms with Crippen LogP contribution in [0.4, 0.5) is 13.2 Å². The van der Waals surface area contributed by atoms with Crippen molar-refractivity contribution < 1.29 is 32.7 Å². The number of hydrogen-bond donors (Lipinski definition) is 3. The predicted molar refractivity (Wildman–Crippen MR) is 131 cm³/mol. The Kier molecular flexibility index (Phi) is 9.09. The Labute approximate surface area is 213 Å². The first-order chi connectivity index (χ1) is 17.5. The van der Waals surface area contributed by atoms with Crippen molar-refractivity contribution in [3.8, 4) is 0 Å². The van der Waals surface area contributed by atoms with Gasteiger partial charge in [0.05, 0.1) is 18.1 Å². The van der Waals surface area contributed by atoms with Crippen LogP contribution in [0, 0.1) is 0 Å². The minimum Gasteiger partial charge on any atom is -0.475 e. The van der Waals surface area contributed by atoms with Gasteiger partial charge in [-0.2, -0.15) is 13.2 Å². The number of halogens is 3. The average molecular weight is 518 g/mol. The second kappa shape index (κ2) is 12.1. The maximum atomic E-state index is 13.1. The molecule has 2 aliphatic rings. The van der Waals surface area contributed by atoms with E-state index in [2.05, 4.69) is 29.6 Å². The molecule has 0 unspecified atom stereocenters. The van der Waals surface area contributed by atoms with Gasteiger partial charge in [-0.25, -0.2) is 4.79 Å². The molecule has 0 radical (unpaired) electrons. The molecule has 4 rings (SSSR count). The van der Waals surface area contributed by atoms with Crippen molar-refractivity contribution in [2.45, 2.75) is 63.0 Å². The van der Waals surface area contributed by atoms with Gasteiger partial charge in [0.15, 0.2) is 0 Å². The van der Waals surface area contributed by atoms with Crippen LogP contribution in [0.15, 0.2) is 66.7 Å². The first-order valence-electron chi connectivity index (χ1n) is 12.0. The lowest BCUT2D eigenvalue weighted by atomic mass is 9.92. The number of nitrogens with two attached hydrogens (primary N) is 1. The highest BCUT2D eigenvalue weighted by atomic mass is 19.4. The van der Waals surface area contributed by atoms with E-state index in [1.54, 1.807) is 13.0 Å². The lowest BCUT2D eigenvalue weighted by Crippen LogP contribution is -2.43. The first-order valence-corrected chi connectivity index (χ1v) is 12.0. The average Bonchev–Trinajstić information content (AvgIpc) is 3.43. The zero-order valence-corrected chi connectivity index (χ0v) is 20.3. The summed E-state index contributed by atoms with van der Waals surface area (Å²) in [6, 6.07) is 18.0. The van der Waals surface area contributed by atoms with Crippen LogP contribution in [-0.4, -0.2) is 46.1 Å². The number of aryl methyl sites for hydroxylation is 1. The van der Waals surface area contributed by atoms with E-state index in [0.29, 0.717) is 6.42 Å². The molecule has 1 fully saturated rings. The van der Waals surface area contributed by atoms with Gasteiger partial charge in [-0.05, 0) is 49.3 Å². The molecule has 1 saturated heterocycles. The molecule has 2 amide bonds. The number of carbonyl (C=O) groups is 3. The van der Waals surface area contributed by atoms with Crippen LogP contribution in [0.3, 0.4) is 0 Å². The smallest absolute Gasteiger partial charge is 0.475 e. The van der Waals surface area contributed by atoms with Gasteiger partial charge in [-0.1, -0.05) is 60.7 Å². The Hall–Kier alpha value is -3.66. The number of carboxylic acid groups (broad SMARTS) is 1. The van der Waals surface area contributed by atoms with Crippen LogP contribution < -0.4 is 11.1 Å². The molecule has 0 aromatic heterocycles. The maximum absolute atomic E-state index is 13.1. The number of nitrogens with zero attached hydrogens (tertiary/aromatic N) is 1. The van der Waals surface area contributed by atoms with Gasteiger partial charge in [0.2, 0.25) is 11.8 Å². The van der Waals surface area contributed by atoms with Crippen molar-refractivity contribution >= 4 is 17.8 Å². The fraction of sp³-hybridized carbons (Fsp3) is 0.370. The van der Waals surface area contributed by atoms with Gasteiger partial charge >= 0.3 is 12.1 Å². The van der Waals surface area contributed by atoms with Crippen molar-refractivity contribution in [1.29, 1.82) is 0 Å². The quantitative estimate of drug-likeness (QED) is 0.480. The SMILES string of the molecule is C[C@H](N)C(=O)N[C@H](/C=C/C(=O)N1[C@@H]2CC[C@H]1c1ccccc12)CCc1ccccc1.O=C(O)C(F)(F)F. The van der Waals surface area contributed by atoms with Crippen molar-refractivity contribution in [3.05, 3.63) is 83.4 Å². The van der Waals surface area contributed by atoms with Crippen molar-refractivity contribution in [2.75, 3.05) is 0 Å². The third-order valence-electron chi connectivity index (χ3n) is 6.40. The second-order valence-electron chi connectivity index (χ2n) is 9.07. The largest absolute Gasteiger partial charge is 0.490 e. The molecule has 2 aromatic rings. The van der Waals surface area contributed by atoms with Crippen LogP contribution >= 0.6 is 0 Å². The monoisotopic (exact) mass is 517 g/mol. The molecule has 198 valence electrons. The summed E-state index contributed by atoms with van der Waals surface area (Å²) in [5.41, 5.74) is 9.49. The number of benzene rings is 2. The maximum Gasteiger partial charge on any atom is 0.490 e. The van der Waals surface area contributed by atoms with E-state index in [1.165, 1.54) is 16.7 Å². The molecule has 0 saturated carbocycles. The molecule has 2 bridgehead atoms. The highest BCUT2D eigenvalue weighted by Crippen LogP contribution is 2.52. The molecule has 4 N–H and O–H groups in total. The highest BCUT2D eigenvalue weighted by molar-refractivity contribution is 5.89. The van der Waals surface area contributed by atoms with E-state index in [9.17, 15) is 22.8 Å². The zero-order valence-electron chi connectivity index (χ0n) is 20.3. The number of amides is 2. The molecule has 7 nitrogen and oxygen atoms in total. The van der Waals surface area contributed by atoms with Crippen LogP contribution in [0.2, 0.25) is 0 Å². The second-order valence-corrected chi connectivity index (χ2v) is 9.07. The van der Waals surface area contributed by atoms with Gasteiger partial charge in [-0.15, -0.1) is 0 Å². The Morgan fingerprint density at radius 2 is 1.57 bits per heavy atom. The van der Waals surface area contributed by atoms with E-state index in [4.69, 9.17) is 15.6 Å². The summed E-state index contributed by atoms with van der Waals surface area (Å²) in [7, 11) is 0. The van der Waals surface area contributed by atoms with E-state index in [-0.39, 0.29) is 29.9 Å². The topological polar surface area (TPSA) is 113 Å². The third kappa shape index (κ3) is 7.19. The molecule has 10 heteroatoms. The van der Waals surface area contributed by atoms with E-state index in [0.717, 1.165) is 19.3 Å². The van der Waals surface area contributed by atoms with Crippen molar-refractivity contribution in [2.24, 2.45) is 5.73 Å². The number of hydrogen-bond acceptors (Lipinski definition) is 4. The van der Waals surface area contributed by atoms with Crippen molar-refractivity contribution in [3.63, 3.8) is 0 Å². The molecule has 37 heavy (non-hydrogen) atoms. The van der Waals surface area contributed by atoms with Gasteiger partial charge in [0, 0.05) is 12.1 Å². The lowest BCUT2D eigenvalue weighted by Gasteiger charge is -2.22. The van der Waals surface area contributed by atoms with Gasteiger partial charge in [0.25, 0.3) is 0 Å². The van der Waals surface area contributed by atoms with Gasteiger partial charge < -0.3 is 21.1 Å². The third-order valence-corrected chi connectivity index (χ3v) is 6.40. The van der Waals surface area contributed by atoms with Crippen molar-refractivity contribution in [1.82, 2.24) is 10.2 Å². The molecular formula is C27H30F3N3O4.